The number of nitrogens with two attached hydrogens (primary N) is 1. The number of halogens is 3. The molecule has 0 aliphatic carbocycles. The van der Waals surface area contributed by atoms with E-state index in [1.54, 1.807) is 0 Å². The number of carbonyl (C=O) groups excluding carboxylic acids is 1. The number of ether oxygens (including phenoxy) is 2. The van der Waals surface area contributed by atoms with Crippen molar-refractivity contribution in [3.8, 4) is 11.6 Å². The molecule has 0 radical (unpaired) electrons. The third kappa shape index (κ3) is 5.44. The number of hydrogen-bond acceptors (Lipinski definition) is 5. The first kappa shape index (κ1) is 18.7. The lowest BCUT2D eigenvalue weighted by atomic mass is 10.2. The second-order valence-corrected chi connectivity index (χ2v) is 5.04. The summed E-state index contributed by atoms with van der Waals surface area (Å²) in [5.41, 5.74) is 5.01. The van der Waals surface area contributed by atoms with Crippen LogP contribution in [0.1, 0.15) is 5.69 Å². The molecule has 0 bridgehead atoms. The highest BCUT2D eigenvalue weighted by atomic mass is 19.4. The van der Waals surface area contributed by atoms with Crippen LogP contribution in [0.15, 0.2) is 42.5 Å². The zero-order chi connectivity index (χ0) is 18.4. The Balaban J connectivity index is 2.02. The van der Waals surface area contributed by atoms with E-state index < -0.39 is 23.8 Å². The fourth-order valence-electron chi connectivity index (χ4n) is 1.85. The summed E-state index contributed by atoms with van der Waals surface area (Å²) in [6, 6.07) is 8.59. The van der Waals surface area contributed by atoms with E-state index in [9.17, 15) is 18.0 Å². The average molecular weight is 355 g/mol. The van der Waals surface area contributed by atoms with Crippen LogP contribution in [0, 0.1) is 0 Å². The first-order valence-corrected chi connectivity index (χ1v) is 7.17. The molecule has 0 spiro atoms. The van der Waals surface area contributed by atoms with E-state index in [-0.39, 0.29) is 18.2 Å². The van der Waals surface area contributed by atoms with Crippen molar-refractivity contribution >= 4 is 11.6 Å². The molecule has 3 N–H and O–H groups in total. The number of amides is 1. The SMILES string of the molecule is COCC(N)C(=O)Nc1ccc(Oc2cccc(C(F)(F)F)n2)cc1. The van der Waals surface area contributed by atoms with E-state index >= 15 is 0 Å². The van der Waals surface area contributed by atoms with Gasteiger partial charge in [-0.1, -0.05) is 6.07 Å². The number of anilines is 1. The third-order valence-electron chi connectivity index (χ3n) is 3.04. The molecule has 0 aliphatic rings. The predicted octanol–water partition coefficient (Wildman–Crippen LogP) is 2.80. The van der Waals surface area contributed by atoms with Gasteiger partial charge in [0.1, 0.15) is 17.5 Å². The minimum Gasteiger partial charge on any atom is -0.439 e. The van der Waals surface area contributed by atoms with Gasteiger partial charge >= 0.3 is 6.18 Å². The minimum absolute atomic E-state index is 0.0776. The normalized spacial score (nSPS) is 12.5. The monoisotopic (exact) mass is 355 g/mol. The first-order chi connectivity index (χ1) is 11.8. The van der Waals surface area contributed by atoms with E-state index in [4.69, 9.17) is 15.2 Å². The van der Waals surface area contributed by atoms with Gasteiger partial charge < -0.3 is 20.5 Å². The quantitative estimate of drug-likeness (QED) is 0.832. The standard InChI is InChI=1S/C16H16F3N3O3/c1-24-9-12(20)15(23)21-10-5-7-11(8-6-10)25-14-4-2-3-13(22-14)16(17,18)19/h2-8,12H,9,20H2,1H3,(H,21,23). The van der Waals surface area contributed by atoms with Crippen molar-refractivity contribution in [3.63, 3.8) is 0 Å². The molecule has 2 aromatic rings. The van der Waals surface area contributed by atoms with Crippen molar-refractivity contribution in [1.82, 2.24) is 4.98 Å². The summed E-state index contributed by atoms with van der Waals surface area (Å²) in [5, 5.41) is 2.58. The Morgan fingerprint density at radius 3 is 2.52 bits per heavy atom. The number of pyridine rings is 1. The molecule has 0 fully saturated rings. The smallest absolute Gasteiger partial charge is 0.433 e. The second-order valence-electron chi connectivity index (χ2n) is 5.04. The van der Waals surface area contributed by atoms with Crippen LogP contribution in [0.3, 0.4) is 0 Å². The first-order valence-electron chi connectivity index (χ1n) is 7.17. The molecule has 6 nitrogen and oxygen atoms in total. The Bertz CT molecular complexity index is 721. The lowest BCUT2D eigenvalue weighted by Crippen LogP contribution is -2.39. The van der Waals surface area contributed by atoms with Crippen LogP contribution >= 0.6 is 0 Å². The van der Waals surface area contributed by atoms with Crippen molar-refractivity contribution in [1.29, 1.82) is 0 Å². The van der Waals surface area contributed by atoms with E-state index in [0.29, 0.717) is 5.69 Å². The summed E-state index contributed by atoms with van der Waals surface area (Å²) in [7, 11) is 1.43. The van der Waals surface area contributed by atoms with E-state index in [2.05, 4.69) is 10.3 Å². The number of alkyl halides is 3. The number of aromatic nitrogens is 1. The zero-order valence-electron chi connectivity index (χ0n) is 13.2. The maximum atomic E-state index is 12.6. The molecule has 0 aliphatic heterocycles. The molecule has 0 saturated carbocycles. The molecule has 134 valence electrons. The number of carbonyl (C=O) groups is 1. The molecule has 1 amide bonds. The minimum atomic E-state index is -4.55. The number of benzene rings is 1. The van der Waals surface area contributed by atoms with E-state index in [0.717, 1.165) is 6.07 Å². The van der Waals surface area contributed by atoms with Gasteiger partial charge in [-0.15, -0.1) is 0 Å². The zero-order valence-corrected chi connectivity index (χ0v) is 13.2. The highest BCUT2D eigenvalue weighted by Crippen LogP contribution is 2.30. The van der Waals surface area contributed by atoms with Gasteiger partial charge in [-0.25, -0.2) is 4.98 Å². The van der Waals surface area contributed by atoms with Crippen molar-refractivity contribution in [2.75, 3.05) is 19.0 Å². The molecular weight excluding hydrogens is 339 g/mol. The highest BCUT2D eigenvalue weighted by Gasteiger charge is 2.32. The number of nitrogens with one attached hydrogen (secondary N) is 1. The largest absolute Gasteiger partial charge is 0.439 e. The Morgan fingerprint density at radius 2 is 1.92 bits per heavy atom. The highest BCUT2D eigenvalue weighted by molar-refractivity contribution is 5.94. The van der Waals surface area contributed by atoms with Crippen molar-refractivity contribution in [2.24, 2.45) is 5.73 Å². The molecular formula is C16H16F3N3O3. The van der Waals surface area contributed by atoms with Crippen molar-refractivity contribution in [2.45, 2.75) is 12.2 Å². The van der Waals surface area contributed by atoms with Gasteiger partial charge in [-0.2, -0.15) is 13.2 Å². The number of rotatable bonds is 6. The van der Waals surface area contributed by atoms with Gasteiger partial charge in [0, 0.05) is 18.9 Å². The number of methoxy groups -OCH3 is 1. The number of hydrogen-bond donors (Lipinski definition) is 2. The van der Waals surface area contributed by atoms with Gasteiger partial charge in [0.05, 0.1) is 6.61 Å². The van der Waals surface area contributed by atoms with E-state index in [1.807, 2.05) is 0 Å². The molecule has 1 unspecified atom stereocenters. The Hall–Kier alpha value is -2.65. The maximum Gasteiger partial charge on any atom is 0.433 e. The van der Waals surface area contributed by atoms with Crippen LogP contribution in [-0.2, 0) is 15.7 Å². The molecule has 9 heteroatoms. The summed E-state index contributed by atoms with van der Waals surface area (Å²) < 4.78 is 48.0. The molecule has 1 heterocycles. The third-order valence-corrected chi connectivity index (χ3v) is 3.04. The summed E-state index contributed by atoms with van der Waals surface area (Å²) >= 11 is 0. The molecule has 2 rings (SSSR count). The van der Waals surface area contributed by atoms with Crippen LogP contribution in [-0.4, -0.2) is 30.6 Å². The maximum absolute atomic E-state index is 12.6. The predicted molar refractivity (Wildman–Crippen MR) is 84.2 cm³/mol. The van der Waals surface area contributed by atoms with Gasteiger partial charge in [0.2, 0.25) is 11.8 Å². The van der Waals surface area contributed by atoms with Crippen LogP contribution in [0.25, 0.3) is 0 Å². The summed E-state index contributed by atoms with van der Waals surface area (Å²) in [6.45, 7) is 0.0776. The molecule has 0 saturated heterocycles. The topological polar surface area (TPSA) is 86.5 Å². The molecule has 1 atom stereocenters. The van der Waals surface area contributed by atoms with Gasteiger partial charge in [0.25, 0.3) is 0 Å². The van der Waals surface area contributed by atoms with Gasteiger partial charge in [-0.05, 0) is 30.3 Å². The van der Waals surface area contributed by atoms with Crippen LogP contribution in [0.4, 0.5) is 18.9 Å². The fourth-order valence-corrected chi connectivity index (χ4v) is 1.85. The summed E-state index contributed by atoms with van der Waals surface area (Å²) in [4.78, 5) is 15.2. The molecule has 1 aromatic carbocycles. The van der Waals surface area contributed by atoms with Crippen molar-refractivity contribution in [3.05, 3.63) is 48.2 Å². The van der Waals surface area contributed by atoms with Crippen LogP contribution < -0.4 is 15.8 Å². The van der Waals surface area contributed by atoms with Crippen LogP contribution in [0.5, 0.6) is 11.6 Å². The van der Waals surface area contributed by atoms with Crippen LogP contribution in [0.2, 0.25) is 0 Å². The number of nitrogens with zero attached hydrogens (tertiary/aromatic N) is 1. The molecule has 1 aromatic heterocycles. The average Bonchev–Trinajstić information content (AvgIpc) is 2.56. The fraction of sp³-hybridized carbons (Fsp3) is 0.250. The summed E-state index contributed by atoms with van der Waals surface area (Å²) in [6.07, 6.45) is -4.55. The van der Waals surface area contributed by atoms with E-state index in [1.165, 1.54) is 43.5 Å². The summed E-state index contributed by atoms with van der Waals surface area (Å²) in [5.74, 6) is -0.338. The lowest BCUT2D eigenvalue weighted by molar-refractivity contribution is -0.141. The lowest BCUT2D eigenvalue weighted by Gasteiger charge is -2.12. The van der Waals surface area contributed by atoms with Gasteiger partial charge in [0.15, 0.2) is 0 Å². The Kier molecular flexibility index (Phi) is 5.94. The molecule has 25 heavy (non-hydrogen) atoms. The second kappa shape index (κ2) is 7.95. The Labute approximate surface area is 141 Å². The Morgan fingerprint density at radius 1 is 1.24 bits per heavy atom. The van der Waals surface area contributed by atoms with Crippen molar-refractivity contribution < 1.29 is 27.4 Å². The van der Waals surface area contributed by atoms with Gasteiger partial charge in [-0.3, -0.25) is 4.79 Å².